The van der Waals surface area contributed by atoms with Crippen LogP contribution in [0.3, 0.4) is 0 Å². The molecule has 0 fully saturated rings. The van der Waals surface area contributed by atoms with Crippen LogP contribution >= 0.6 is 31.9 Å². The molecule has 0 saturated heterocycles. The summed E-state index contributed by atoms with van der Waals surface area (Å²) in [7, 11) is 0. The fraction of sp³-hybridized carbons (Fsp3) is 0.0667. The van der Waals surface area contributed by atoms with Crippen molar-refractivity contribution in [2.75, 3.05) is 5.32 Å². The first-order valence-corrected chi connectivity index (χ1v) is 7.61. The molecule has 0 saturated carbocycles. The molecule has 6 heteroatoms. The van der Waals surface area contributed by atoms with Gasteiger partial charge in [-0.05, 0) is 35.9 Å². The number of hydrogen-bond donors (Lipinski definition) is 2. The summed E-state index contributed by atoms with van der Waals surface area (Å²) in [4.78, 5) is 23.0. The van der Waals surface area contributed by atoms with Crippen molar-refractivity contribution in [2.45, 2.75) is 6.42 Å². The first-order valence-electron chi connectivity index (χ1n) is 6.02. The van der Waals surface area contributed by atoms with E-state index in [4.69, 9.17) is 5.11 Å². The third-order valence-corrected chi connectivity index (χ3v) is 3.63. The second-order valence-corrected chi connectivity index (χ2v) is 6.22. The van der Waals surface area contributed by atoms with Crippen molar-refractivity contribution in [1.29, 1.82) is 0 Å². The molecule has 0 unspecified atom stereocenters. The summed E-state index contributed by atoms with van der Waals surface area (Å²) < 4.78 is 1.50. The average Bonchev–Trinajstić information content (AvgIpc) is 2.37. The molecule has 108 valence electrons. The molecule has 2 aromatic carbocycles. The summed E-state index contributed by atoms with van der Waals surface area (Å²) in [5.41, 5.74) is 1.43. The van der Waals surface area contributed by atoms with Gasteiger partial charge in [0, 0.05) is 14.6 Å². The van der Waals surface area contributed by atoms with Crippen molar-refractivity contribution in [3.05, 3.63) is 62.5 Å². The van der Waals surface area contributed by atoms with Gasteiger partial charge < -0.3 is 10.4 Å². The zero-order chi connectivity index (χ0) is 15.4. The Morgan fingerprint density at radius 3 is 2.48 bits per heavy atom. The van der Waals surface area contributed by atoms with Gasteiger partial charge in [-0.2, -0.15) is 0 Å². The van der Waals surface area contributed by atoms with E-state index in [-0.39, 0.29) is 17.9 Å². The number of aromatic carboxylic acids is 1. The zero-order valence-corrected chi connectivity index (χ0v) is 13.9. The highest BCUT2D eigenvalue weighted by Gasteiger charge is 2.09. The van der Waals surface area contributed by atoms with Crippen LogP contribution in [-0.4, -0.2) is 17.0 Å². The molecule has 21 heavy (non-hydrogen) atoms. The van der Waals surface area contributed by atoms with E-state index < -0.39 is 5.97 Å². The minimum atomic E-state index is -1.04. The van der Waals surface area contributed by atoms with Crippen LogP contribution in [-0.2, 0) is 11.2 Å². The van der Waals surface area contributed by atoms with Crippen molar-refractivity contribution in [1.82, 2.24) is 0 Å². The standard InChI is InChI=1S/C15H11Br2NO3/c16-11-3-1-2-9(4-11)5-14(19)18-13-7-10(15(20)21)6-12(17)8-13/h1-4,6-8H,5H2,(H,18,19)(H,20,21). The molecule has 0 spiro atoms. The first-order chi connectivity index (χ1) is 9.94. The summed E-state index contributed by atoms with van der Waals surface area (Å²) in [6.45, 7) is 0. The highest BCUT2D eigenvalue weighted by Crippen LogP contribution is 2.20. The predicted octanol–water partition coefficient (Wildman–Crippen LogP) is 4.09. The van der Waals surface area contributed by atoms with Crippen LogP contribution in [0.2, 0.25) is 0 Å². The van der Waals surface area contributed by atoms with Crippen molar-refractivity contribution >= 4 is 49.4 Å². The molecular weight excluding hydrogens is 402 g/mol. The van der Waals surface area contributed by atoms with Crippen molar-refractivity contribution < 1.29 is 14.7 Å². The maximum Gasteiger partial charge on any atom is 0.335 e. The van der Waals surface area contributed by atoms with E-state index >= 15 is 0 Å². The van der Waals surface area contributed by atoms with Gasteiger partial charge in [0.2, 0.25) is 5.91 Å². The van der Waals surface area contributed by atoms with E-state index in [1.54, 1.807) is 6.07 Å². The maximum absolute atomic E-state index is 12.0. The Hall–Kier alpha value is -1.66. The molecule has 0 atom stereocenters. The van der Waals surface area contributed by atoms with Gasteiger partial charge in [-0.15, -0.1) is 0 Å². The van der Waals surface area contributed by atoms with Crippen LogP contribution in [0.1, 0.15) is 15.9 Å². The minimum absolute atomic E-state index is 0.113. The zero-order valence-electron chi connectivity index (χ0n) is 10.8. The second-order valence-electron chi connectivity index (χ2n) is 4.39. The lowest BCUT2D eigenvalue weighted by Crippen LogP contribution is -2.14. The van der Waals surface area contributed by atoms with Crippen LogP contribution < -0.4 is 5.32 Å². The maximum atomic E-state index is 12.0. The Morgan fingerprint density at radius 1 is 1.05 bits per heavy atom. The normalized spacial score (nSPS) is 10.2. The van der Waals surface area contributed by atoms with Crippen molar-refractivity contribution in [3.8, 4) is 0 Å². The number of halogens is 2. The molecule has 0 aromatic heterocycles. The van der Waals surface area contributed by atoms with Gasteiger partial charge in [-0.25, -0.2) is 4.79 Å². The molecule has 0 heterocycles. The lowest BCUT2D eigenvalue weighted by atomic mass is 10.1. The largest absolute Gasteiger partial charge is 0.478 e. The number of carbonyl (C=O) groups excluding carboxylic acids is 1. The molecule has 2 aromatic rings. The van der Waals surface area contributed by atoms with Crippen LogP contribution in [0.15, 0.2) is 51.4 Å². The highest BCUT2D eigenvalue weighted by atomic mass is 79.9. The Morgan fingerprint density at radius 2 is 1.81 bits per heavy atom. The second kappa shape index (κ2) is 6.87. The van der Waals surface area contributed by atoms with Crippen LogP contribution in [0.4, 0.5) is 5.69 Å². The minimum Gasteiger partial charge on any atom is -0.478 e. The Bertz CT molecular complexity index is 701. The summed E-state index contributed by atoms with van der Waals surface area (Å²) in [5.74, 6) is -1.25. The summed E-state index contributed by atoms with van der Waals surface area (Å²) >= 11 is 6.58. The van der Waals surface area contributed by atoms with Gasteiger partial charge in [0.25, 0.3) is 0 Å². The van der Waals surface area contributed by atoms with Gasteiger partial charge in [-0.3, -0.25) is 4.79 Å². The highest BCUT2D eigenvalue weighted by molar-refractivity contribution is 9.10. The average molecular weight is 413 g/mol. The van der Waals surface area contributed by atoms with Gasteiger partial charge >= 0.3 is 5.97 Å². The van der Waals surface area contributed by atoms with E-state index in [2.05, 4.69) is 37.2 Å². The fourth-order valence-corrected chi connectivity index (χ4v) is 2.76. The number of carbonyl (C=O) groups is 2. The molecular formula is C15H11Br2NO3. The van der Waals surface area contributed by atoms with Crippen LogP contribution in [0.25, 0.3) is 0 Å². The van der Waals surface area contributed by atoms with E-state index in [0.717, 1.165) is 10.0 Å². The first kappa shape index (κ1) is 15.7. The number of hydrogen-bond acceptors (Lipinski definition) is 2. The van der Waals surface area contributed by atoms with Crippen LogP contribution in [0.5, 0.6) is 0 Å². The smallest absolute Gasteiger partial charge is 0.335 e. The lowest BCUT2D eigenvalue weighted by Gasteiger charge is -2.07. The lowest BCUT2D eigenvalue weighted by molar-refractivity contribution is -0.115. The third kappa shape index (κ3) is 4.68. The molecule has 2 rings (SSSR count). The van der Waals surface area contributed by atoms with Crippen LogP contribution in [0, 0.1) is 0 Å². The van der Waals surface area contributed by atoms with E-state index in [1.807, 2.05) is 24.3 Å². The van der Waals surface area contributed by atoms with Gasteiger partial charge in [0.15, 0.2) is 0 Å². The Balaban J connectivity index is 2.11. The summed E-state index contributed by atoms with van der Waals surface area (Å²) in [6, 6.07) is 12.0. The molecule has 0 bridgehead atoms. The van der Waals surface area contributed by atoms with E-state index in [0.29, 0.717) is 10.2 Å². The summed E-state index contributed by atoms with van der Waals surface area (Å²) in [5, 5.41) is 11.7. The number of amides is 1. The molecule has 0 radical (unpaired) electrons. The Labute approximate surface area is 138 Å². The number of rotatable bonds is 4. The van der Waals surface area contributed by atoms with Gasteiger partial charge in [0.1, 0.15) is 0 Å². The number of anilines is 1. The number of benzene rings is 2. The molecule has 2 N–H and O–H groups in total. The third-order valence-electron chi connectivity index (χ3n) is 2.68. The number of carboxylic acids is 1. The molecule has 1 amide bonds. The van der Waals surface area contributed by atoms with E-state index in [1.165, 1.54) is 12.1 Å². The van der Waals surface area contributed by atoms with Crippen molar-refractivity contribution in [3.63, 3.8) is 0 Å². The van der Waals surface area contributed by atoms with Gasteiger partial charge in [-0.1, -0.05) is 44.0 Å². The number of nitrogens with one attached hydrogen (secondary N) is 1. The Kier molecular flexibility index (Phi) is 5.14. The molecule has 0 aliphatic rings. The summed E-state index contributed by atoms with van der Waals surface area (Å²) in [6.07, 6.45) is 0.217. The SMILES string of the molecule is O=C(Cc1cccc(Br)c1)Nc1cc(Br)cc(C(=O)O)c1. The predicted molar refractivity (Wildman–Crippen MR) is 87.6 cm³/mol. The number of carboxylic acid groups (broad SMARTS) is 1. The van der Waals surface area contributed by atoms with Crippen molar-refractivity contribution in [2.24, 2.45) is 0 Å². The molecule has 0 aliphatic heterocycles. The quantitative estimate of drug-likeness (QED) is 0.794. The fourth-order valence-electron chi connectivity index (χ4n) is 1.82. The topological polar surface area (TPSA) is 66.4 Å². The monoisotopic (exact) mass is 411 g/mol. The molecule has 0 aliphatic carbocycles. The van der Waals surface area contributed by atoms with Gasteiger partial charge in [0.05, 0.1) is 12.0 Å². The van der Waals surface area contributed by atoms with E-state index in [9.17, 15) is 9.59 Å². The molecule has 4 nitrogen and oxygen atoms in total.